The third-order valence-corrected chi connectivity index (χ3v) is 3.58. The van der Waals surface area contributed by atoms with Crippen molar-refractivity contribution in [3.05, 3.63) is 12.2 Å². The fourth-order valence-electron chi connectivity index (χ4n) is 2.65. The number of hydrogen-bond donors (Lipinski definition) is 1. The number of aliphatic hydroxyl groups is 1. The van der Waals surface area contributed by atoms with Gasteiger partial charge >= 0.3 is 0 Å². The molecule has 2 atom stereocenters. The van der Waals surface area contributed by atoms with Crippen molar-refractivity contribution < 1.29 is 9.90 Å². The molecule has 0 radical (unpaired) electrons. The summed E-state index contributed by atoms with van der Waals surface area (Å²) < 4.78 is 0. The highest BCUT2D eigenvalue weighted by Gasteiger charge is 2.31. The van der Waals surface area contributed by atoms with Gasteiger partial charge in [-0.2, -0.15) is 0 Å². The molecule has 1 aliphatic heterocycles. The van der Waals surface area contributed by atoms with Crippen LogP contribution in [0.5, 0.6) is 0 Å². The van der Waals surface area contributed by atoms with Gasteiger partial charge in [-0.15, -0.1) is 0 Å². The van der Waals surface area contributed by atoms with Crippen molar-refractivity contribution in [2.24, 2.45) is 5.92 Å². The first kappa shape index (κ1) is 11.6. The minimum absolute atomic E-state index is 0.205. The van der Waals surface area contributed by atoms with E-state index in [1.54, 1.807) is 0 Å². The molecular weight excluding hydrogens is 202 g/mol. The molecule has 0 saturated carbocycles. The quantitative estimate of drug-likeness (QED) is 0.724. The molecule has 1 fully saturated rings. The second-order valence-electron chi connectivity index (χ2n) is 5.39. The third-order valence-electron chi connectivity index (χ3n) is 3.58. The van der Waals surface area contributed by atoms with Crippen LogP contribution >= 0.6 is 0 Å². The van der Waals surface area contributed by atoms with Crippen molar-refractivity contribution in [1.82, 2.24) is 4.90 Å². The van der Waals surface area contributed by atoms with Crippen LogP contribution in [0.25, 0.3) is 0 Å². The van der Waals surface area contributed by atoms with Crippen LogP contribution in [-0.2, 0) is 4.79 Å². The Bertz CT molecular complexity index is 296. The maximum atomic E-state index is 12.0. The standard InChI is InChI=1S/C13H21NO2/c1-13(16)7-4-8-14(10-13)12(15)9-11-5-2-3-6-11/h2,5,11,16H,3-4,6-10H2,1H3. The molecule has 1 N–H and O–H groups in total. The second kappa shape index (κ2) is 4.58. The van der Waals surface area contributed by atoms with Gasteiger partial charge in [-0.1, -0.05) is 12.2 Å². The lowest BCUT2D eigenvalue weighted by Gasteiger charge is -2.37. The molecule has 0 aromatic rings. The number of hydrogen-bond acceptors (Lipinski definition) is 2. The van der Waals surface area contributed by atoms with E-state index >= 15 is 0 Å². The fraction of sp³-hybridized carbons (Fsp3) is 0.769. The molecule has 1 amide bonds. The van der Waals surface area contributed by atoms with E-state index in [4.69, 9.17) is 0 Å². The molecular formula is C13H21NO2. The largest absolute Gasteiger partial charge is 0.388 e. The number of carbonyl (C=O) groups is 1. The molecule has 2 aliphatic rings. The van der Waals surface area contributed by atoms with Crippen LogP contribution < -0.4 is 0 Å². The van der Waals surface area contributed by atoms with E-state index in [0.29, 0.717) is 18.9 Å². The van der Waals surface area contributed by atoms with Gasteiger partial charge in [0.05, 0.1) is 5.60 Å². The van der Waals surface area contributed by atoms with Crippen LogP contribution in [0.2, 0.25) is 0 Å². The van der Waals surface area contributed by atoms with Gasteiger partial charge in [0.2, 0.25) is 5.91 Å². The molecule has 2 rings (SSSR count). The summed E-state index contributed by atoms with van der Waals surface area (Å²) in [6, 6.07) is 0. The van der Waals surface area contributed by atoms with Gasteiger partial charge in [-0.25, -0.2) is 0 Å². The van der Waals surface area contributed by atoms with Crippen molar-refractivity contribution in [3.63, 3.8) is 0 Å². The number of nitrogens with zero attached hydrogens (tertiary/aromatic N) is 1. The Morgan fingerprint density at radius 3 is 3.06 bits per heavy atom. The van der Waals surface area contributed by atoms with E-state index in [0.717, 1.165) is 32.2 Å². The Kier molecular flexibility index (Phi) is 3.33. The number of β-amino-alcohol motifs (C(OH)–C–C–N with tert-alkyl or cyclic N) is 1. The first-order valence-electron chi connectivity index (χ1n) is 6.24. The highest BCUT2D eigenvalue weighted by Crippen LogP contribution is 2.24. The Morgan fingerprint density at radius 2 is 2.44 bits per heavy atom. The van der Waals surface area contributed by atoms with Gasteiger partial charge in [-0.3, -0.25) is 4.79 Å². The molecule has 1 heterocycles. The summed E-state index contributed by atoms with van der Waals surface area (Å²) in [6.45, 7) is 3.13. The van der Waals surface area contributed by atoms with Crippen LogP contribution in [0, 0.1) is 5.92 Å². The number of carbonyl (C=O) groups excluding carboxylic acids is 1. The highest BCUT2D eigenvalue weighted by molar-refractivity contribution is 5.77. The molecule has 0 aromatic heterocycles. The van der Waals surface area contributed by atoms with Crippen LogP contribution in [0.4, 0.5) is 0 Å². The lowest BCUT2D eigenvalue weighted by atomic mass is 9.94. The minimum Gasteiger partial charge on any atom is -0.388 e. The van der Waals surface area contributed by atoms with Crippen LogP contribution in [0.3, 0.4) is 0 Å². The van der Waals surface area contributed by atoms with Crippen LogP contribution in [0.1, 0.15) is 39.0 Å². The van der Waals surface area contributed by atoms with Gasteiger partial charge in [-0.05, 0) is 38.5 Å². The van der Waals surface area contributed by atoms with E-state index < -0.39 is 5.60 Å². The van der Waals surface area contributed by atoms with Gasteiger partial charge in [0.1, 0.15) is 0 Å². The van der Waals surface area contributed by atoms with Crippen LogP contribution in [-0.4, -0.2) is 34.6 Å². The number of allylic oxidation sites excluding steroid dienone is 2. The van der Waals surface area contributed by atoms with E-state index in [2.05, 4.69) is 12.2 Å². The molecule has 0 aromatic carbocycles. The molecule has 3 nitrogen and oxygen atoms in total. The number of rotatable bonds is 2. The zero-order chi connectivity index (χ0) is 11.6. The average Bonchev–Trinajstić information content (AvgIpc) is 2.69. The van der Waals surface area contributed by atoms with Crippen molar-refractivity contribution in [3.8, 4) is 0 Å². The summed E-state index contributed by atoms with van der Waals surface area (Å²) in [5.74, 6) is 0.635. The van der Waals surface area contributed by atoms with Gasteiger partial charge in [0, 0.05) is 19.5 Å². The Hall–Kier alpha value is -0.830. The predicted molar refractivity (Wildman–Crippen MR) is 62.9 cm³/mol. The zero-order valence-electron chi connectivity index (χ0n) is 9.98. The highest BCUT2D eigenvalue weighted by atomic mass is 16.3. The maximum Gasteiger partial charge on any atom is 0.223 e. The number of amides is 1. The molecule has 1 saturated heterocycles. The summed E-state index contributed by atoms with van der Waals surface area (Å²) in [6.07, 6.45) is 8.86. The lowest BCUT2D eigenvalue weighted by molar-refractivity contribution is -0.138. The summed E-state index contributed by atoms with van der Waals surface area (Å²) in [5.41, 5.74) is -0.681. The van der Waals surface area contributed by atoms with E-state index in [1.807, 2.05) is 11.8 Å². The summed E-state index contributed by atoms with van der Waals surface area (Å²) in [7, 11) is 0. The topological polar surface area (TPSA) is 40.5 Å². The maximum absolute atomic E-state index is 12.0. The van der Waals surface area contributed by atoms with Crippen molar-refractivity contribution >= 4 is 5.91 Å². The fourth-order valence-corrected chi connectivity index (χ4v) is 2.65. The molecule has 3 heteroatoms. The first-order chi connectivity index (χ1) is 7.57. The van der Waals surface area contributed by atoms with Crippen LogP contribution in [0.15, 0.2) is 12.2 Å². The predicted octanol–water partition coefficient (Wildman–Crippen LogP) is 1.72. The first-order valence-corrected chi connectivity index (χ1v) is 6.24. The van der Waals surface area contributed by atoms with E-state index in [-0.39, 0.29) is 5.91 Å². The molecule has 0 bridgehead atoms. The van der Waals surface area contributed by atoms with Gasteiger partial charge in [0.15, 0.2) is 0 Å². The van der Waals surface area contributed by atoms with Gasteiger partial charge < -0.3 is 10.0 Å². The Balaban J connectivity index is 1.86. The molecule has 16 heavy (non-hydrogen) atoms. The van der Waals surface area contributed by atoms with Crippen molar-refractivity contribution in [1.29, 1.82) is 0 Å². The lowest BCUT2D eigenvalue weighted by Crippen LogP contribution is -2.48. The smallest absolute Gasteiger partial charge is 0.223 e. The summed E-state index contributed by atoms with van der Waals surface area (Å²) >= 11 is 0. The molecule has 0 spiro atoms. The Labute approximate surface area is 97.1 Å². The van der Waals surface area contributed by atoms with Crippen molar-refractivity contribution in [2.45, 2.75) is 44.6 Å². The monoisotopic (exact) mass is 223 g/mol. The van der Waals surface area contributed by atoms with E-state index in [9.17, 15) is 9.90 Å². The second-order valence-corrected chi connectivity index (χ2v) is 5.39. The molecule has 2 unspecified atom stereocenters. The van der Waals surface area contributed by atoms with E-state index in [1.165, 1.54) is 0 Å². The average molecular weight is 223 g/mol. The number of likely N-dealkylation sites (tertiary alicyclic amines) is 1. The molecule has 90 valence electrons. The van der Waals surface area contributed by atoms with Crippen molar-refractivity contribution in [2.75, 3.05) is 13.1 Å². The SMILES string of the molecule is CC1(O)CCCN(C(=O)CC2C=CCC2)C1. The summed E-state index contributed by atoms with van der Waals surface area (Å²) in [5, 5.41) is 9.95. The zero-order valence-corrected chi connectivity index (χ0v) is 9.98. The Morgan fingerprint density at radius 1 is 1.62 bits per heavy atom. The third kappa shape index (κ3) is 2.85. The minimum atomic E-state index is -0.681. The number of piperidine rings is 1. The normalized spacial score (nSPS) is 34.4. The molecule has 1 aliphatic carbocycles. The van der Waals surface area contributed by atoms with Gasteiger partial charge in [0.25, 0.3) is 0 Å². The summed E-state index contributed by atoms with van der Waals surface area (Å²) in [4.78, 5) is 13.9.